The molecular weight excluding hydrogens is 440 g/mol. The molecule has 9 heteroatoms. The highest BCUT2D eigenvalue weighted by molar-refractivity contribution is 8.18. The largest absolute Gasteiger partial charge is 0.423 e. The lowest BCUT2D eigenvalue weighted by Gasteiger charge is -2.12. The van der Waals surface area contributed by atoms with Crippen LogP contribution < -0.4 is 10.9 Å². The molecule has 2 heterocycles. The number of rotatable bonds is 4. The van der Waals surface area contributed by atoms with Crippen molar-refractivity contribution >= 4 is 63.1 Å². The summed E-state index contributed by atoms with van der Waals surface area (Å²) in [6.45, 7) is 1.34. The smallest absolute Gasteiger partial charge is 0.336 e. The Hall–Kier alpha value is -3.36. The first-order chi connectivity index (χ1) is 14.8. The maximum atomic E-state index is 12.6. The monoisotopic (exact) mass is 454 g/mol. The van der Waals surface area contributed by atoms with Crippen LogP contribution >= 0.6 is 23.4 Å². The Balaban J connectivity index is 1.49. The lowest BCUT2D eigenvalue weighted by Crippen LogP contribution is -2.36. The van der Waals surface area contributed by atoms with Crippen molar-refractivity contribution in [3.05, 3.63) is 80.0 Å². The highest BCUT2D eigenvalue weighted by Gasteiger charge is 2.36. The van der Waals surface area contributed by atoms with E-state index in [1.165, 1.54) is 18.2 Å². The average Bonchev–Trinajstić information content (AvgIpc) is 2.96. The van der Waals surface area contributed by atoms with Crippen molar-refractivity contribution in [3.8, 4) is 0 Å². The number of carbonyl (C=O) groups is 3. The molecule has 1 aromatic heterocycles. The quantitative estimate of drug-likeness (QED) is 0.462. The van der Waals surface area contributed by atoms with Crippen LogP contribution in [0.1, 0.15) is 11.1 Å². The normalized spacial score (nSPS) is 15.2. The van der Waals surface area contributed by atoms with Crippen LogP contribution in [-0.2, 0) is 9.59 Å². The van der Waals surface area contributed by atoms with Crippen molar-refractivity contribution in [1.29, 1.82) is 0 Å². The molecule has 3 aromatic rings. The molecule has 0 saturated carbocycles. The fourth-order valence-electron chi connectivity index (χ4n) is 3.12. The maximum Gasteiger partial charge on any atom is 0.336 e. The van der Waals surface area contributed by atoms with Crippen molar-refractivity contribution in [2.75, 3.05) is 11.9 Å². The Bertz CT molecular complexity index is 1330. The number of halogens is 1. The second-order valence-corrected chi connectivity index (χ2v) is 8.20. The van der Waals surface area contributed by atoms with E-state index in [0.29, 0.717) is 21.9 Å². The third-order valence-electron chi connectivity index (χ3n) is 4.60. The van der Waals surface area contributed by atoms with Gasteiger partial charge in [-0.15, -0.1) is 0 Å². The van der Waals surface area contributed by atoms with Crippen molar-refractivity contribution < 1.29 is 18.8 Å². The van der Waals surface area contributed by atoms with Gasteiger partial charge in [-0.25, -0.2) is 4.79 Å². The molecule has 1 aliphatic rings. The van der Waals surface area contributed by atoms with Crippen LogP contribution in [0, 0.1) is 6.92 Å². The summed E-state index contributed by atoms with van der Waals surface area (Å²) in [7, 11) is 0. The van der Waals surface area contributed by atoms with Gasteiger partial charge in [0, 0.05) is 28.2 Å². The molecule has 0 atom stereocenters. The molecule has 3 amide bonds. The number of amides is 3. The van der Waals surface area contributed by atoms with Gasteiger partial charge in [-0.1, -0.05) is 29.8 Å². The summed E-state index contributed by atoms with van der Waals surface area (Å²) in [4.78, 5) is 50.0. The van der Waals surface area contributed by atoms with Gasteiger partial charge in [-0.2, -0.15) is 0 Å². The number of anilines is 1. The highest BCUT2D eigenvalue weighted by atomic mass is 35.5. The predicted molar refractivity (Wildman–Crippen MR) is 120 cm³/mol. The molecule has 7 nitrogen and oxygen atoms in total. The molecule has 1 aliphatic heterocycles. The summed E-state index contributed by atoms with van der Waals surface area (Å²) in [5.41, 5.74) is 1.58. The minimum Gasteiger partial charge on any atom is -0.423 e. The number of fused-ring (bicyclic) bond motifs is 1. The maximum absolute atomic E-state index is 12.6. The number of hydrogen-bond acceptors (Lipinski definition) is 6. The van der Waals surface area contributed by atoms with Crippen LogP contribution in [0.25, 0.3) is 17.0 Å². The van der Waals surface area contributed by atoms with Gasteiger partial charge in [-0.3, -0.25) is 19.3 Å². The van der Waals surface area contributed by atoms with Crippen molar-refractivity contribution in [3.63, 3.8) is 0 Å². The van der Waals surface area contributed by atoms with Gasteiger partial charge in [0.25, 0.3) is 11.1 Å². The van der Waals surface area contributed by atoms with Crippen LogP contribution in [0.5, 0.6) is 0 Å². The first-order valence-electron chi connectivity index (χ1n) is 9.16. The molecule has 0 aliphatic carbocycles. The van der Waals surface area contributed by atoms with E-state index >= 15 is 0 Å². The number of thioether (sulfide) groups is 1. The predicted octanol–water partition coefficient (Wildman–Crippen LogP) is 4.43. The Morgan fingerprint density at radius 3 is 2.71 bits per heavy atom. The molecule has 0 spiro atoms. The van der Waals surface area contributed by atoms with Crippen LogP contribution in [0.2, 0.25) is 5.02 Å². The molecular formula is C22H15ClN2O5S. The van der Waals surface area contributed by atoms with Gasteiger partial charge in [0.05, 0.1) is 4.91 Å². The number of hydrogen-bond donors (Lipinski definition) is 1. The minimum atomic E-state index is -0.565. The fraction of sp³-hybridized carbons (Fsp3) is 0.0909. The zero-order valence-electron chi connectivity index (χ0n) is 16.2. The second kappa shape index (κ2) is 8.41. The number of nitrogens with zero attached hydrogens (tertiary/aromatic N) is 1. The van der Waals surface area contributed by atoms with E-state index in [2.05, 4.69) is 5.32 Å². The Morgan fingerprint density at radius 1 is 1.16 bits per heavy atom. The molecule has 1 fully saturated rings. The molecule has 0 bridgehead atoms. The van der Waals surface area contributed by atoms with E-state index in [0.717, 1.165) is 27.6 Å². The van der Waals surface area contributed by atoms with E-state index < -0.39 is 29.2 Å². The number of nitrogens with one attached hydrogen (secondary N) is 1. The summed E-state index contributed by atoms with van der Waals surface area (Å²) in [5.74, 6) is -1.12. The van der Waals surface area contributed by atoms with Gasteiger partial charge in [0.1, 0.15) is 12.1 Å². The lowest BCUT2D eigenvalue weighted by atomic mass is 10.1. The van der Waals surface area contributed by atoms with Crippen molar-refractivity contribution in [2.45, 2.75) is 6.92 Å². The van der Waals surface area contributed by atoms with E-state index in [1.54, 1.807) is 43.3 Å². The molecule has 0 unspecified atom stereocenters. The molecule has 0 radical (unpaired) electrons. The number of carbonyl (C=O) groups excluding carboxylic acids is 3. The zero-order chi connectivity index (χ0) is 22.1. The molecule has 31 heavy (non-hydrogen) atoms. The summed E-state index contributed by atoms with van der Waals surface area (Å²) in [5, 5.41) is 3.27. The first-order valence-corrected chi connectivity index (χ1v) is 10.4. The average molecular weight is 455 g/mol. The van der Waals surface area contributed by atoms with E-state index in [1.807, 2.05) is 0 Å². The Labute approximate surface area is 185 Å². The SMILES string of the molecule is Cc1cc(=O)oc2cc(NC(=O)CN3C(=O)S/C(=C\c4ccccc4Cl)C3=O)ccc12. The third kappa shape index (κ3) is 4.40. The second-order valence-electron chi connectivity index (χ2n) is 6.80. The van der Waals surface area contributed by atoms with E-state index in [9.17, 15) is 19.2 Å². The van der Waals surface area contributed by atoms with Gasteiger partial charge in [0.2, 0.25) is 5.91 Å². The van der Waals surface area contributed by atoms with E-state index in [4.69, 9.17) is 16.0 Å². The van der Waals surface area contributed by atoms with Crippen molar-refractivity contribution in [1.82, 2.24) is 4.90 Å². The molecule has 4 rings (SSSR count). The summed E-state index contributed by atoms with van der Waals surface area (Å²) in [6, 6.07) is 13.2. The van der Waals surface area contributed by atoms with Gasteiger partial charge >= 0.3 is 5.63 Å². The standard InChI is InChI=1S/C22H15ClN2O5S/c1-12-8-20(27)30-17-10-14(6-7-15(12)17)24-19(26)11-25-21(28)18(31-22(25)29)9-13-4-2-3-5-16(13)23/h2-10H,11H2,1H3,(H,24,26)/b18-9-. The topological polar surface area (TPSA) is 96.7 Å². The molecule has 2 aromatic carbocycles. The first kappa shape index (κ1) is 20.9. The summed E-state index contributed by atoms with van der Waals surface area (Å²) < 4.78 is 5.17. The van der Waals surface area contributed by atoms with Crippen LogP contribution in [0.4, 0.5) is 10.5 Å². The fourth-order valence-corrected chi connectivity index (χ4v) is 4.14. The Morgan fingerprint density at radius 2 is 1.94 bits per heavy atom. The van der Waals surface area contributed by atoms with Crippen LogP contribution in [-0.4, -0.2) is 28.5 Å². The van der Waals surface area contributed by atoms with Gasteiger partial charge in [0.15, 0.2) is 0 Å². The minimum absolute atomic E-state index is 0.189. The molecule has 156 valence electrons. The molecule has 1 saturated heterocycles. The van der Waals surface area contributed by atoms with E-state index in [-0.39, 0.29) is 4.91 Å². The van der Waals surface area contributed by atoms with Crippen LogP contribution in [0.15, 0.2) is 62.6 Å². The number of benzene rings is 2. The van der Waals surface area contributed by atoms with Crippen molar-refractivity contribution in [2.24, 2.45) is 0 Å². The highest BCUT2D eigenvalue weighted by Crippen LogP contribution is 2.33. The Kier molecular flexibility index (Phi) is 5.67. The van der Waals surface area contributed by atoms with Crippen LogP contribution in [0.3, 0.4) is 0 Å². The summed E-state index contributed by atoms with van der Waals surface area (Å²) in [6.07, 6.45) is 1.53. The number of aryl methyl sites for hydroxylation is 1. The third-order valence-corrected chi connectivity index (χ3v) is 5.85. The van der Waals surface area contributed by atoms with Gasteiger partial charge in [-0.05, 0) is 54.1 Å². The summed E-state index contributed by atoms with van der Waals surface area (Å²) >= 11 is 6.85. The zero-order valence-corrected chi connectivity index (χ0v) is 17.8. The van der Waals surface area contributed by atoms with Gasteiger partial charge < -0.3 is 9.73 Å². The number of imide groups is 1. The lowest BCUT2D eigenvalue weighted by molar-refractivity contribution is -0.127. The molecule has 1 N–H and O–H groups in total.